The van der Waals surface area contributed by atoms with Crippen LogP contribution in [0.4, 0.5) is 0 Å². The zero-order valence-corrected chi connectivity index (χ0v) is 8.90. The Bertz CT molecular complexity index is 167. The largest absolute Gasteiger partial charge is 0.353 e. The normalized spacial score (nSPS) is 28.5. The van der Waals surface area contributed by atoms with Gasteiger partial charge in [-0.3, -0.25) is 4.79 Å². The van der Waals surface area contributed by atoms with Crippen LogP contribution in [0.3, 0.4) is 0 Å². The lowest BCUT2D eigenvalue weighted by atomic mass is 9.92. The van der Waals surface area contributed by atoms with E-state index in [1.807, 2.05) is 6.26 Å². The first-order valence-electron chi connectivity index (χ1n) is 4.76. The molecule has 1 saturated carbocycles. The predicted octanol–water partition coefficient (Wildman–Crippen LogP) is 0.735. The van der Waals surface area contributed by atoms with Crippen LogP contribution in [0, 0.1) is 0 Å². The summed E-state index contributed by atoms with van der Waals surface area (Å²) >= 11 is 1.56. The molecule has 0 radical (unpaired) electrons. The van der Waals surface area contributed by atoms with Crippen molar-refractivity contribution in [3.63, 3.8) is 0 Å². The van der Waals surface area contributed by atoms with Gasteiger partial charge in [0.15, 0.2) is 0 Å². The van der Waals surface area contributed by atoms with E-state index in [1.165, 1.54) is 0 Å². The number of rotatable bonds is 3. The summed E-state index contributed by atoms with van der Waals surface area (Å²) in [5.41, 5.74) is 5.77. The van der Waals surface area contributed by atoms with Gasteiger partial charge in [0.1, 0.15) is 0 Å². The smallest absolute Gasteiger partial charge is 0.230 e. The van der Waals surface area contributed by atoms with Crippen LogP contribution < -0.4 is 11.1 Å². The van der Waals surface area contributed by atoms with E-state index in [0.717, 1.165) is 25.7 Å². The molecule has 1 aliphatic rings. The van der Waals surface area contributed by atoms with E-state index in [2.05, 4.69) is 5.32 Å². The van der Waals surface area contributed by atoms with Crippen molar-refractivity contribution in [2.24, 2.45) is 5.73 Å². The first kappa shape index (κ1) is 10.9. The second-order valence-electron chi connectivity index (χ2n) is 3.61. The molecular formula is C9H18N2OS. The average Bonchev–Trinajstić information content (AvgIpc) is 2.09. The molecule has 1 amide bonds. The number of carbonyl (C=O) groups is 1. The van der Waals surface area contributed by atoms with Crippen LogP contribution in [0.5, 0.6) is 0 Å². The Morgan fingerprint density at radius 1 is 1.46 bits per heavy atom. The van der Waals surface area contributed by atoms with Crippen molar-refractivity contribution in [3.05, 3.63) is 0 Å². The van der Waals surface area contributed by atoms with Gasteiger partial charge in [0.2, 0.25) is 5.91 Å². The van der Waals surface area contributed by atoms with Crippen molar-refractivity contribution in [3.8, 4) is 0 Å². The van der Waals surface area contributed by atoms with Crippen molar-refractivity contribution in [1.82, 2.24) is 5.32 Å². The molecule has 0 atom stereocenters. The summed E-state index contributed by atoms with van der Waals surface area (Å²) in [6, 6.07) is 0.730. The van der Waals surface area contributed by atoms with E-state index >= 15 is 0 Å². The number of thioether (sulfide) groups is 1. The van der Waals surface area contributed by atoms with Gasteiger partial charge in [-0.25, -0.2) is 0 Å². The maximum absolute atomic E-state index is 11.2. The molecule has 0 spiro atoms. The maximum atomic E-state index is 11.2. The summed E-state index contributed by atoms with van der Waals surface area (Å²) in [4.78, 5) is 11.2. The molecule has 1 fully saturated rings. The van der Waals surface area contributed by atoms with Crippen LogP contribution in [0.15, 0.2) is 0 Å². The molecule has 3 nitrogen and oxygen atoms in total. The molecule has 3 N–H and O–H groups in total. The van der Waals surface area contributed by atoms with Crippen molar-refractivity contribution in [1.29, 1.82) is 0 Å². The summed E-state index contributed by atoms with van der Waals surface area (Å²) in [5.74, 6) is 0.732. The molecule has 76 valence electrons. The lowest BCUT2D eigenvalue weighted by Crippen LogP contribution is -2.41. The van der Waals surface area contributed by atoms with Crippen LogP contribution in [0.25, 0.3) is 0 Å². The number of carbonyl (C=O) groups excluding carboxylic acids is 1. The zero-order valence-electron chi connectivity index (χ0n) is 8.08. The molecule has 4 heteroatoms. The zero-order chi connectivity index (χ0) is 9.68. The highest BCUT2D eigenvalue weighted by Gasteiger charge is 2.19. The fourth-order valence-electron chi connectivity index (χ4n) is 1.66. The second-order valence-corrected chi connectivity index (χ2v) is 4.48. The van der Waals surface area contributed by atoms with Gasteiger partial charge in [-0.1, -0.05) is 0 Å². The molecule has 0 heterocycles. The molecule has 1 aliphatic carbocycles. The quantitative estimate of drug-likeness (QED) is 0.709. The summed E-state index contributed by atoms with van der Waals surface area (Å²) in [6.45, 7) is 0. The van der Waals surface area contributed by atoms with E-state index in [1.54, 1.807) is 11.8 Å². The SMILES string of the molecule is CSCC(=O)NC1CCC(N)CC1. The molecule has 0 aliphatic heterocycles. The van der Waals surface area contributed by atoms with Crippen LogP contribution >= 0.6 is 11.8 Å². The van der Waals surface area contributed by atoms with E-state index in [0.29, 0.717) is 17.8 Å². The lowest BCUT2D eigenvalue weighted by Gasteiger charge is -2.26. The number of nitrogens with one attached hydrogen (secondary N) is 1. The summed E-state index contributed by atoms with van der Waals surface area (Å²) in [5, 5.41) is 3.02. The van der Waals surface area contributed by atoms with Crippen LogP contribution in [0.2, 0.25) is 0 Å². The second kappa shape index (κ2) is 5.50. The van der Waals surface area contributed by atoms with Crippen molar-refractivity contribution in [2.45, 2.75) is 37.8 Å². The molecule has 0 aromatic carbocycles. The van der Waals surface area contributed by atoms with E-state index in [-0.39, 0.29) is 5.91 Å². The number of nitrogens with two attached hydrogens (primary N) is 1. The molecule has 0 saturated heterocycles. The van der Waals surface area contributed by atoms with Gasteiger partial charge in [-0.2, -0.15) is 11.8 Å². The Hall–Kier alpha value is -0.220. The predicted molar refractivity (Wildman–Crippen MR) is 56.8 cm³/mol. The van der Waals surface area contributed by atoms with Gasteiger partial charge in [0.05, 0.1) is 5.75 Å². The standard InChI is InChI=1S/C9H18N2OS/c1-13-6-9(12)11-8-4-2-7(10)3-5-8/h7-8H,2-6,10H2,1H3,(H,11,12). The van der Waals surface area contributed by atoms with E-state index in [4.69, 9.17) is 5.73 Å². The summed E-state index contributed by atoms with van der Waals surface area (Å²) in [7, 11) is 0. The van der Waals surface area contributed by atoms with Crippen LogP contribution in [-0.4, -0.2) is 30.0 Å². The van der Waals surface area contributed by atoms with Crippen molar-refractivity contribution in [2.75, 3.05) is 12.0 Å². The average molecular weight is 202 g/mol. The summed E-state index contributed by atoms with van der Waals surface area (Å²) < 4.78 is 0. The third-order valence-electron chi connectivity index (χ3n) is 2.41. The highest BCUT2D eigenvalue weighted by atomic mass is 32.2. The molecule has 0 aromatic rings. The third-order valence-corrected chi connectivity index (χ3v) is 2.96. The highest BCUT2D eigenvalue weighted by Crippen LogP contribution is 2.16. The minimum Gasteiger partial charge on any atom is -0.353 e. The van der Waals surface area contributed by atoms with Gasteiger partial charge < -0.3 is 11.1 Å². The first-order chi connectivity index (χ1) is 6.22. The van der Waals surface area contributed by atoms with Gasteiger partial charge in [-0.05, 0) is 31.9 Å². The van der Waals surface area contributed by atoms with Gasteiger partial charge in [0, 0.05) is 12.1 Å². The van der Waals surface area contributed by atoms with Crippen LogP contribution in [-0.2, 0) is 4.79 Å². The Kier molecular flexibility index (Phi) is 4.59. The molecule has 1 rings (SSSR count). The molecule has 0 bridgehead atoms. The van der Waals surface area contributed by atoms with E-state index in [9.17, 15) is 4.79 Å². The number of hydrogen-bond donors (Lipinski definition) is 2. The minimum atomic E-state index is 0.160. The van der Waals surface area contributed by atoms with Crippen LogP contribution in [0.1, 0.15) is 25.7 Å². The molecule has 13 heavy (non-hydrogen) atoms. The molecule has 0 unspecified atom stereocenters. The van der Waals surface area contributed by atoms with Gasteiger partial charge >= 0.3 is 0 Å². The van der Waals surface area contributed by atoms with E-state index < -0.39 is 0 Å². The molecular weight excluding hydrogens is 184 g/mol. The minimum absolute atomic E-state index is 0.160. The Balaban J connectivity index is 2.18. The fourth-order valence-corrected chi connectivity index (χ4v) is 2.01. The molecule has 0 aromatic heterocycles. The number of hydrogen-bond acceptors (Lipinski definition) is 3. The fraction of sp³-hybridized carbons (Fsp3) is 0.889. The Labute approximate surface area is 83.8 Å². The Morgan fingerprint density at radius 2 is 2.08 bits per heavy atom. The van der Waals surface area contributed by atoms with Gasteiger partial charge in [0.25, 0.3) is 0 Å². The van der Waals surface area contributed by atoms with Crippen molar-refractivity contribution < 1.29 is 4.79 Å². The number of amides is 1. The first-order valence-corrected chi connectivity index (χ1v) is 6.15. The maximum Gasteiger partial charge on any atom is 0.230 e. The topological polar surface area (TPSA) is 55.1 Å². The Morgan fingerprint density at radius 3 is 2.62 bits per heavy atom. The third kappa shape index (κ3) is 4.00. The highest BCUT2D eigenvalue weighted by molar-refractivity contribution is 7.99. The monoisotopic (exact) mass is 202 g/mol. The lowest BCUT2D eigenvalue weighted by molar-refractivity contribution is -0.119. The van der Waals surface area contributed by atoms with Crippen molar-refractivity contribution >= 4 is 17.7 Å². The van der Waals surface area contributed by atoms with Gasteiger partial charge in [-0.15, -0.1) is 0 Å². The summed E-state index contributed by atoms with van der Waals surface area (Å²) in [6.07, 6.45) is 6.12.